The maximum absolute atomic E-state index is 12.2. The number of carbonyl (C=O) groups excluding carboxylic acids is 1. The Hall–Kier alpha value is -2.14. The molecular weight excluding hydrogens is 288 g/mol. The first-order valence-electron chi connectivity index (χ1n) is 8.25. The van der Waals surface area contributed by atoms with Gasteiger partial charge in [0.05, 0.1) is 5.92 Å². The van der Waals surface area contributed by atoms with Gasteiger partial charge >= 0.3 is 0 Å². The first kappa shape index (κ1) is 15.7. The van der Waals surface area contributed by atoms with Crippen molar-refractivity contribution >= 4 is 11.6 Å². The highest BCUT2D eigenvalue weighted by Crippen LogP contribution is 2.18. The van der Waals surface area contributed by atoms with E-state index in [9.17, 15) is 4.79 Å². The molecule has 0 aliphatic carbocycles. The smallest absolute Gasteiger partial charge is 0.228 e. The predicted molar refractivity (Wildman–Crippen MR) is 91.5 cm³/mol. The summed E-state index contributed by atoms with van der Waals surface area (Å²) in [4.78, 5) is 16.6. The second kappa shape index (κ2) is 6.96. The van der Waals surface area contributed by atoms with Crippen molar-refractivity contribution in [2.45, 2.75) is 32.7 Å². The van der Waals surface area contributed by atoms with E-state index in [-0.39, 0.29) is 11.8 Å². The maximum Gasteiger partial charge on any atom is 0.228 e. The molecule has 23 heavy (non-hydrogen) atoms. The Morgan fingerprint density at radius 3 is 3.09 bits per heavy atom. The van der Waals surface area contributed by atoms with Crippen LogP contribution in [0.25, 0.3) is 0 Å². The van der Waals surface area contributed by atoms with Gasteiger partial charge in [0, 0.05) is 37.1 Å². The number of nitrogens with one attached hydrogen (secondary N) is 2. The summed E-state index contributed by atoms with van der Waals surface area (Å²) in [6.07, 6.45) is 4.76. The molecule has 1 unspecified atom stereocenters. The number of hydrogen-bond donors (Lipinski definition) is 2. The molecule has 1 fully saturated rings. The van der Waals surface area contributed by atoms with Crippen molar-refractivity contribution < 1.29 is 4.79 Å². The normalized spacial score (nSPS) is 17.6. The fraction of sp³-hybridized carbons (Fsp3) is 0.444. The highest BCUT2D eigenvalue weighted by Gasteiger charge is 2.22. The lowest BCUT2D eigenvalue weighted by atomic mass is 10.1. The molecule has 5 heteroatoms. The largest absolute Gasteiger partial charge is 0.330 e. The van der Waals surface area contributed by atoms with Gasteiger partial charge < -0.3 is 15.2 Å². The van der Waals surface area contributed by atoms with Gasteiger partial charge in [0.25, 0.3) is 0 Å². The molecule has 0 spiro atoms. The number of hydrogen-bond acceptors (Lipinski definition) is 3. The zero-order chi connectivity index (χ0) is 16.2. The molecule has 1 aromatic heterocycles. The number of rotatable bonds is 5. The average molecular weight is 312 g/mol. The summed E-state index contributed by atoms with van der Waals surface area (Å²) in [5.74, 6) is 1.66. The van der Waals surface area contributed by atoms with Crippen molar-refractivity contribution in [2.75, 3.05) is 18.4 Å². The summed E-state index contributed by atoms with van der Waals surface area (Å²) >= 11 is 0. The maximum atomic E-state index is 12.2. The van der Waals surface area contributed by atoms with Crippen LogP contribution in [0.15, 0.2) is 36.7 Å². The Balaban J connectivity index is 1.69. The molecule has 0 saturated carbocycles. The van der Waals surface area contributed by atoms with E-state index < -0.39 is 0 Å². The lowest BCUT2D eigenvalue weighted by molar-refractivity contribution is -0.119. The van der Waals surface area contributed by atoms with Crippen molar-refractivity contribution in [2.24, 2.45) is 5.92 Å². The third kappa shape index (κ3) is 3.79. The zero-order valence-corrected chi connectivity index (χ0v) is 13.7. The molecule has 3 rings (SSSR count). The van der Waals surface area contributed by atoms with Crippen LogP contribution in [0.2, 0.25) is 0 Å². The number of carbonyl (C=O) groups is 1. The summed E-state index contributed by atoms with van der Waals surface area (Å²) in [5.41, 5.74) is 2.03. The van der Waals surface area contributed by atoms with Crippen molar-refractivity contribution in [3.8, 4) is 0 Å². The van der Waals surface area contributed by atoms with E-state index in [0.29, 0.717) is 5.92 Å². The van der Waals surface area contributed by atoms with Crippen LogP contribution in [0.3, 0.4) is 0 Å². The lowest BCUT2D eigenvalue weighted by Gasteiger charge is -2.13. The van der Waals surface area contributed by atoms with Gasteiger partial charge in [-0.1, -0.05) is 26.0 Å². The van der Waals surface area contributed by atoms with Gasteiger partial charge in [-0.05, 0) is 30.7 Å². The van der Waals surface area contributed by atoms with Gasteiger partial charge in [-0.25, -0.2) is 4.98 Å². The fourth-order valence-electron chi connectivity index (χ4n) is 3.02. The van der Waals surface area contributed by atoms with Gasteiger partial charge in [-0.2, -0.15) is 0 Å². The van der Waals surface area contributed by atoms with Gasteiger partial charge in [0.15, 0.2) is 0 Å². The Morgan fingerprint density at radius 1 is 1.48 bits per heavy atom. The third-order valence-corrected chi connectivity index (χ3v) is 4.24. The Bertz CT molecular complexity index is 671. The summed E-state index contributed by atoms with van der Waals surface area (Å²) in [6, 6.07) is 8.06. The number of amides is 1. The summed E-state index contributed by atoms with van der Waals surface area (Å²) < 4.78 is 2.16. The van der Waals surface area contributed by atoms with Crippen LogP contribution >= 0.6 is 0 Å². The van der Waals surface area contributed by atoms with Crippen molar-refractivity contribution in [1.29, 1.82) is 0 Å². The minimum atomic E-state index is 0.0832. The highest BCUT2D eigenvalue weighted by molar-refractivity contribution is 5.92. The first-order chi connectivity index (χ1) is 11.1. The van der Waals surface area contributed by atoms with Crippen molar-refractivity contribution in [3.63, 3.8) is 0 Å². The molecule has 0 bridgehead atoms. The van der Waals surface area contributed by atoms with Crippen molar-refractivity contribution in [3.05, 3.63) is 48.0 Å². The van der Waals surface area contributed by atoms with E-state index in [1.165, 1.54) is 0 Å². The molecular formula is C18H24N4O. The molecule has 1 saturated heterocycles. The molecule has 2 aromatic rings. The van der Waals surface area contributed by atoms with Crippen LogP contribution in [0, 0.1) is 5.92 Å². The quantitative estimate of drug-likeness (QED) is 0.892. The standard InChI is InChI=1S/C18H24N4O/c1-13(2)17-20-8-9-22(17)12-14-4-3-5-16(10-14)21-18(23)15-6-7-19-11-15/h3-5,8-10,13,15,19H,6-7,11-12H2,1-2H3,(H,21,23). The molecule has 2 heterocycles. The second-order valence-electron chi connectivity index (χ2n) is 6.45. The molecule has 1 aliphatic rings. The van der Waals surface area contributed by atoms with Gasteiger partial charge in [-0.15, -0.1) is 0 Å². The van der Waals surface area contributed by atoms with Gasteiger partial charge in [-0.3, -0.25) is 4.79 Å². The molecule has 0 radical (unpaired) electrons. The van der Waals surface area contributed by atoms with Gasteiger partial charge in [0.1, 0.15) is 5.82 Å². The highest BCUT2D eigenvalue weighted by atomic mass is 16.1. The molecule has 1 aromatic carbocycles. The molecule has 2 N–H and O–H groups in total. The zero-order valence-electron chi connectivity index (χ0n) is 13.7. The van der Waals surface area contributed by atoms with Gasteiger partial charge in [0.2, 0.25) is 5.91 Å². The van der Waals surface area contributed by atoms with Crippen LogP contribution in [0.4, 0.5) is 5.69 Å². The molecule has 1 aliphatic heterocycles. The molecule has 1 amide bonds. The van der Waals surface area contributed by atoms with E-state index in [4.69, 9.17) is 0 Å². The topological polar surface area (TPSA) is 59.0 Å². The molecule has 122 valence electrons. The van der Waals surface area contributed by atoms with E-state index in [2.05, 4.69) is 40.1 Å². The predicted octanol–water partition coefficient (Wildman–Crippen LogP) is 2.60. The number of imidazole rings is 1. The van der Waals surface area contributed by atoms with Crippen LogP contribution in [-0.2, 0) is 11.3 Å². The minimum absolute atomic E-state index is 0.0832. The Morgan fingerprint density at radius 2 is 2.35 bits per heavy atom. The van der Waals surface area contributed by atoms with E-state index in [0.717, 1.165) is 43.1 Å². The number of benzene rings is 1. The van der Waals surface area contributed by atoms with E-state index >= 15 is 0 Å². The van der Waals surface area contributed by atoms with E-state index in [1.807, 2.05) is 30.6 Å². The van der Waals surface area contributed by atoms with E-state index in [1.54, 1.807) is 0 Å². The number of aromatic nitrogens is 2. The van der Waals surface area contributed by atoms with Crippen LogP contribution in [-0.4, -0.2) is 28.5 Å². The monoisotopic (exact) mass is 312 g/mol. The summed E-state index contributed by atoms with van der Waals surface area (Å²) in [7, 11) is 0. The summed E-state index contributed by atoms with van der Waals surface area (Å²) in [5, 5.41) is 6.26. The van der Waals surface area contributed by atoms with Crippen molar-refractivity contribution in [1.82, 2.24) is 14.9 Å². The SMILES string of the molecule is CC(C)c1nccn1Cc1cccc(NC(=O)C2CCNC2)c1. The minimum Gasteiger partial charge on any atom is -0.330 e. The Labute approximate surface area is 137 Å². The third-order valence-electron chi connectivity index (χ3n) is 4.24. The summed E-state index contributed by atoms with van der Waals surface area (Å²) in [6.45, 7) is 6.76. The molecule has 5 nitrogen and oxygen atoms in total. The first-order valence-corrected chi connectivity index (χ1v) is 8.25. The second-order valence-corrected chi connectivity index (χ2v) is 6.45. The fourth-order valence-corrected chi connectivity index (χ4v) is 3.02. The van der Waals surface area contributed by atoms with Crippen LogP contribution < -0.4 is 10.6 Å². The molecule has 1 atom stereocenters. The lowest BCUT2D eigenvalue weighted by Crippen LogP contribution is -2.24. The number of nitrogens with zero attached hydrogens (tertiary/aromatic N) is 2. The average Bonchev–Trinajstić information content (AvgIpc) is 3.18. The Kier molecular flexibility index (Phi) is 4.76. The van der Waals surface area contributed by atoms with Crippen LogP contribution in [0.1, 0.15) is 37.6 Å². The van der Waals surface area contributed by atoms with Crippen LogP contribution in [0.5, 0.6) is 0 Å². The number of anilines is 1.